The molecule has 0 heterocycles. The van der Waals surface area contributed by atoms with Gasteiger partial charge in [0.25, 0.3) is 0 Å². The monoisotopic (exact) mass is 384 g/mol. The maximum atomic E-state index is 11.9. The van der Waals surface area contributed by atoms with Crippen LogP contribution in [0.1, 0.15) is 11.1 Å². The van der Waals surface area contributed by atoms with Gasteiger partial charge in [-0.15, -0.1) is 0 Å². The van der Waals surface area contributed by atoms with E-state index in [1.807, 2.05) is 30.3 Å². The number of hydrogen-bond acceptors (Lipinski definition) is 6. The van der Waals surface area contributed by atoms with Gasteiger partial charge in [0.15, 0.2) is 23.0 Å². The number of ether oxygens (including phenoxy) is 5. The quantitative estimate of drug-likeness (QED) is 0.481. The molecule has 6 nitrogen and oxygen atoms in total. The van der Waals surface area contributed by atoms with E-state index in [9.17, 15) is 4.79 Å². The molecule has 2 aromatic carbocycles. The molecule has 2 aromatic rings. The number of rotatable bonds is 9. The molecule has 0 saturated heterocycles. The summed E-state index contributed by atoms with van der Waals surface area (Å²) in [7, 11) is 6.30. The van der Waals surface area contributed by atoms with Crippen LogP contribution in [0.15, 0.2) is 48.6 Å². The van der Waals surface area contributed by atoms with Gasteiger partial charge in [-0.3, -0.25) is 0 Å². The molecule has 2 rings (SSSR count). The average molecular weight is 384 g/mol. The van der Waals surface area contributed by atoms with E-state index < -0.39 is 5.97 Å². The minimum Gasteiger partial charge on any atom is -0.493 e. The minimum absolute atomic E-state index is 0.156. The second-order valence-corrected chi connectivity index (χ2v) is 5.59. The highest BCUT2D eigenvalue weighted by molar-refractivity contribution is 5.87. The Balaban J connectivity index is 1.89. The van der Waals surface area contributed by atoms with Crippen molar-refractivity contribution in [1.82, 2.24) is 0 Å². The minimum atomic E-state index is -0.438. The van der Waals surface area contributed by atoms with E-state index in [0.717, 1.165) is 11.1 Å². The van der Waals surface area contributed by atoms with Gasteiger partial charge in [0.05, 0.1) is 28.4 Å². The van der Waals surface area contributed by atoms with Crippen molar-refractivity contribution in [3.63, 3.8) is 0 Å². The lowest BCUT2D eigenvalue weighted by Gasteiger charge is -2.07. The van der Waals surface area contributed by atoms with Crippen LogP contribution < -0.4 is 18.9 Å². The summed E-state index contributed by atoms with van der Waals surface area (Å²) in [5.41, 5.74) is 1.71. The SMILES string of the molecule is COc1ccc(/C=C\COC(=O)/C=C\c2ccc(OC)c(OC)c2)cc1OC. The van der Waals surface area contributed by atoms with Gasteiger partial charge >= 0.3 is 5.97 Å². The molecule has 0 atom stereocenters. The number of hydrogen-bond donors (Lipinski definition) is 0. The Morgan fingerprint density at radius 3 is 1.75 bits per heavy atom. The van der Waals surface area contributed by atoms with E-state index >= 15 is 0 Å². The van der Waals surface area contributed by atoms with E-state index in [4.69, 9.17) is 23.7 Å². The highest BCUT2D eigenvalue weighted by atomic mass is 16.5. The van der Waals surface area contributed by atoms with E-state index in [-0.39, 0.29) is 6.61 Å². The number of benzene rings is 2. The molecular weight excluding hydrogens is 360 g/mol. The van der Waals surface area contributed by atoms with Gasteiger partial charge in [-0.2, -0.15) is 0 Å². The molecular formula is C22H24O6. The van der Waals surface area contributed by atoms with Gasteiger partial charge in [-0.25, -0.2) is 4.79 Å². The van der Waals surface area contributed by atoms with Crippen molar-refractivity contribution in [1.29, 1.82) is 0 Å². The Morgan fingerprint density at radius 1 is 0.750 bits per heavy atom. The number of carbonyl (C=O) groups is 1. The normalized spacial score (nSPS) is 10.9. The van der Waals surface area contributed by atoms with Gasteiger partial charge in [-0.05, 0) is 47.5 Å². The fourth-order valence-electron chi connectivity index (χ4n) is 2.44. The van der Waals surface area contributed by atoms with Crippen molar-refractivity contribution >= 4 is 18.1 Å². The molecule has 0 radical (unpaired) electrons. The zero-order chi connectivity index (χ0) is 20.4. The standard InChI is InChI=1S/C22H24O6/c1-24-18-10-7-16(14-20(18)26-3)6-5-13-28-22(23)12-9-17-8-11-19(25-2)21(15-17)27-4/h5-12,14-15H,13H2,1-4H3/b6-5-,12-9-. The van der Waals surface area contributed by atoms with Crippen molar-refractivity contribution in [2.24, 2.45) is 0 Å². The van der Waals surface area contributed by atoms with Gasteiger partial charge in [0, 0.05) is 6.08 Å². The third-order valence-corrected chi connectivity index (χ3v) is 3.86. The van der Waals surface area contributed by atoms with Crippen LogP contribution in [-0.4, -0.2) is 41.0 Å². The van der Waals surface area contributed by atoms with Crippen LogP contribution in [0, 0.1) is 0 Å². The van der Waals surface area contributed by atoms with Crippen LogP contribution >= 0.6 is 0 Å². The van der Waals surface area contributed by atoms with Gasteiger partial charge in [-0.1, -0.05) is 18.2 Å². The number of esters is 1. The van der Waals surface area contributed by atoms with Crippen LogP contribution in [0.3, 0.4) is 0 Å². The maximum absolute atomic E-state index is 11.9. The molecule has 0 unspecified atom stereocenters. The van der Waals surface area contributed by atoms with E-state index in [1.165, 1.54) is 6.08 Å². The summed E-state index contributed by atoms with van der Waals surface area (Å²) in [5.74, 6) is 2.08. The molecule has 0 amide bonds. The zero-order valence-electron chi connectivity index (χ0n) is 16.4. The first-order valence-corrected chi connectivity index (χ1v) is 8.56. The highest BCUT2D eigenvalue weighted by Crippen LogP contribution is 2.28. The topological polar surface area (TPSA) is 63.2 Å². The third kappa shape index (κ3) is 5.81. The molecule has 0 fully saturated rings. The fraction of sp³-hybridized carbons (Fsp3) is 0.227. The van der Waals surface area contributed by atoms with Crippen LogP contribution in [0.5, 0.6) is 23.0 Å². The molecule has 0 aliphatic carbocycles. The first-order chi connectivity index (χ1) is 13.6. The van der Waals surface area contributed by atoms with Crippen LogP contribution in [0.25, 0.3) is 12.2 Å². The summed E-state index contributed by atoms with van der Waals surface area (Å²) in [6.45, 7) is 0.156. The molecule has 0 aliphatic heterocycles. The summed E-state index contributed by atoms with van der Waals surface area (Å²) >= 11 is 0. The lowest BCUT2D eigenvalue weighted by atomic mass is 10.2. The van der Waals surface area contributed by atoms with E-state index in [1.54, 1.807) is 52.7 Å². The largest absolute Gasteiger partial charge is 0.493 e. The fourth-order valence-corrected chi connectivity index (χ4v) is 2.44. The number of methoxy groups -OCH3 is 4. The van der Waals surface area contributed by atoms with Gasteiger partial charge in [0.2, 0.25) is 0 Å². The predicted octanol–water partition coefficient (Wildman–Crippen LogP) is 3.99. The van der Waals surface area contributed by atoms with Crippen molar-refractivity contribution in [3.8, 4) is 23.0 Å². The van der Waals surface area contributed by atoms with Crippen molar-refractivity contribution in [2.45, 2.75) is 0 Å². The summed E-state index contributed by atoms with van der Waals surface area (Å²) in [6.07, 6.45) is 6.62. The summed E-state index contributed by atoms with van der Waals surface area (Å²) in [4.78, 5) is 11.9. The van der Waals surface area contributed by atoms with Crippen molar-refractivity contribution in [2.75, 3.05) is 35.0 Å². The number of carbonyl (C=O) groups excluding carboxylic acids is 1. The Morgan fingerprint density at radius 2 is 1.25 bits per heavy atom. The average Bonchev–Trinajstić information content (AvgIpc) is 2.74. The summed E-state index contributed by atoms with van der Waals surface area (Å²) < 4.78 is 26.0. The lowest BCUT2D eigenvalue weighted by molar-refractivity contribution is -0.136. The smallest absolute Gasteiger partial charge is 0.331 e. The van der Waals surface area contributed by atoms with Crippen LogP contribution in [0.2, 0.25) is 0 Å². The molecule has 28 heavy (non-hydrogen) atoms. The Bertz CT molecular complexity index is 854. The third-order valence-electron chi connectivity index (χ3n) is 3.86. The highest BCUT2D eigenvalue weighted by Gasteiger charge is 2.04. The molecule has 0 aromatic heterocycles. The maximum Gasteiger partial charge on any atom is 0.331 e. The van der Waals surface area contributed by atoms with Crippen LogP contribution in [0.4, 0.5) is 0 Å². The van der Waals surface area contributed by atoms with E-state index in [2.05, 4.69) is 0 Å². The molecule has 148 valence electrons. The molecule has 0 spiro atoms. The van der Waals surface area contributed by atoms with E-state index in [0.29, 0.717) is 23.0 Å². The predicted molar refractivity (Wildman–Crippen MR) is 108 cm³/mol. The van der Waals surface area contributed by atoms with Crippen molar-refractivity contribution in [3.05, 3.63) is 59.7 Å². The molecule has 0 saturated carbocycles. The Labute approximate surface area is 164 Å². The first-order valence-electron chi connectivity index (χ1n) is 8.56. The molecule has 0 bridgehead atoms. The second-order valence-electron chi connectivity index (χ2n) is 5.59. The Hall–Kier alpha value is -3.41. The molecule has 0 N–H and O–H groups in total. The van der Waals surface area contributed by atoms with Gasteiger partial charge < -0.3 is 23.7 Å². The molecule has 6 heteroatoms. The summed E-state index contributed by atoms with van der Waals surface area (Å²) in [6, 6.07) is 10.9. The first kappa shape index (κ1) is 20.9. The summed E-state index contributed by atoms with van der Waals surface area (Å²) in [5, 5.41) is 0. The second kappa shape index (κ2) is 10.7. The van der Waals surface area contributed by atoms with Crippen LogP contribution in [-0.2, 0) is 9.53 Å². The van der Waals surface area contributed by atoms with Crippen molar-refractivity contribution < 1.29 is 28.5 Å². The zero-order valence-corrected chi connectivity index (χ0v) is 16.4. The van der Waals surface area contributed by atoms with Gasteiger partial charge in [0.1, 0.15) is 6.61 Å². The lowest BCUT2D eigenvalue weighted by Crippen LogP contribution is -2.00. The Kier molecular flexibility index (Phi) is 7.96. The molecule has 0 aliphatic rings.